The van der Waals surface area contributed by atoms with E-state index >= 15 is 0 Å². The molecule has 0 spiro atoms. The molecular weight excluding hydrogens is 383 g/mol. The quantitative estimate of drug-likeness (QED) is 0.468. The van der Waals surface area contributed by atoms with Gasteiger partial charge in [0.25, 0.3) is 5.91 Å². The summed E-state index contributed by atoms with van der Waals surface area (Å²) in [6.45, 7) is 1.14. The van der Waals surface area contributed by atoms with Crippen LogP contribution in [-0.2, 0) is 16.1 Å². The molecule has 7 nitrogen and oxygen atoms in total. The first-order valence-electron chi connectivity index (χ1n) is 8.50. The van der Waals surface area contributed by atoms with E-state index in [2.05, 4.69) is 15.8 Å². The number of carbonyl (C=O) groups excluding carboxylic acids is 2. The number of amides is 2. The van der Waals surface area contributed by atoms with Gasteiger partial charge in [-0.05, 0) is 36.4 Å². The Labute approximate surface area is 165 Å². The van der Waals surface area contributed by atoms with Gasteiger partial charge in [-0.3, -0.25) is 20.4 Å². The lowest BCUT2D eigenvalue weighted by Crippen LogP contribution is -2.42. The van der Waals surface area contributed by atoms with Gasteiger partial charge in [0.15, 0.2) is 5.16 Å². The van der Waals surface area contributed by atoms with Gasteiger partial charge in [0.2, 0.25) is 5.91 Å². The molecule has 0 unspecified atom stereocenters. The van der Waals surface area contributed by atoms with Crippen LogP contribution in [0, 0.1) is 5.82 Å². The minimum absolute atomic E-state index is 0.0694. The Hall–Kier alpha value is -2.91. The van der Waals surface area contributed by atoms with E-state index in [9.17, 15) is 14.0 Å². The van der Waals surface area contributed by atoms with Gasteiger partial charge in [0, 0.05) is 19.2 Å². The zero-order valence-corrected chi connectivity index (χ0v) is 16.0. The topological polar surface area (TPSA) is 85.2 Å². The van der Waals surface area contributed by atoms with E-state index in [4.69, 9.17) is 4.74 Å². The first-order valence-corrected chi connectivity index (χ1v) is 9.49. The lowest BCUT2D eigenvalue weighted by Gasteiger charge is -2.09. The normalized spacial score (nSPS) is 10.8. The maximum absolute atomic E-state index is 12.9. The Morgan fingerprint density at radius 3 is 2.64 bits per heavy atom. The predicted molar refractivity (Wildman–Crippen MR) is 104 cm³/mol. The first-order chi connectivity index (χ1) is 13.6. The summed E-state index contributed by atoms with van der Waals surface area (Å²) in [5.41, 5.74) is 6.71. The number of methoxy groups -OCH3 is 1. The molecule has 0 fully saturated rings. The van der Waals surface area contributed by atoms with Crippen LogP contribution in [0.15, 0.2) is 53.7 Å². The molecule has 0 saturated carbocycles. The highest BCUT2D eigenvalue weighted by atomic mass is 32.2. The average molecular weight is 402 g/mol. The maximum atomic E-state index is 12.9. The van der Waals surface area contributed by atoms with E-state index in [1.807, 2.05) is 28.8 Å². The minimum Gasteiger partial charge on any atom is -0.383 e. The molecule has 146 valence electrons. The summed E-state index contributed by atoms with van der Waals surface area (Å²) in [5.74, 6) is -1.27. The Kier molecular flexibility index (Phi) is 6.62. The van der Waals surface area contributed by atoms with Gasteiger partial charge in [0.1, 0.15) is 5.82 Å². The van der Waals surface area contributed by atoms with Crippen molar-refractivity contribution in [2.45, 2.75) is 11.7 Å². The van der Waals surface area contributed by atoms with Gasteiger partial charge >= 0.3 is 0 Å². The van der Waals surface area contributed by atoms with Crippen LogP contribution >= 0.6 is 11.8 Å². The number of hydrogen-bond acceptors (Lipinski definition) is 5. The van der Waals surface area contributed by atoms with Crippen LogP contribution < -0.4 is 10.9 Å². The third-order valence-corrected chi connectivity index (χ3v) is 4.87. The maximum Gasteiger partial charge on any atom is 0.269 e. The fraction of sp³-hybridized carbons (Fsp3) is 0.211. The Morgan fingerprint density at radius 2 is 1.89 bits per heavy atom. The van der Waals surface area contributed by atoms with Crippen molar-refractivity contribution in [2.75, 3.05) is 19.5 Å². The van der Waals surface area contributed by atoms with Gasteiger partial charge < -0.3 is 9.30 Å². The summed E-state index contributed by atoms with van der Waals surface area (Å²) in [7, 11) is 1.63. The molecule has 0 saturated heterocycles. The summed E-state index contributed by atoms with van der Waals surface area (Å²) < 4.78 is 20.0. The van der Waals surface area contributed by atoms with Crippen molar-refractivity contribution < 1.29 is 18.7 Å². The molecule has 0 atom stereocenters. The number of nitrogens with zero attached hydrogens (tertiary/aromatic N) is 2. The molecule has 3 aromatic rings. The van der Waals surface area contributed by atoms with Crippen molar-refractivity contribution in [3.63, 3.8) is 0 Å². The second kappa shape index (κ2) is 9.34. The molecule has 0 aliphatic rings. The molecule has 28 heavy (non-hydrogen) atoms. The highest BCUT2D eigenvalue weighted by Crippen LogP contribution is 2.23. The van der Waals surface area contributed by atoms with Gasteiger partial charge in [-0.25, -0.2) is 9.37 Å². The number of para-hydroxylation sites is 2. The Morgan fingerprint density at radius 1 is 1.14 bits per heavy atom. The van der Waals surface area contributed by atoms with Crippen LogP contribution in [-0.4, -0.2) is 40.8 Å². The Balaban J connectivity index is 1.58. The standard InChI is InChI=1S/C19H19FN4O3S/c1-27-11-10-24-16-5-3-2-4-15(16)21-19(24)28-12-17(25)22-23-18(26)13-6-8-14(20)9-7-13/h2-9H,10-12H2,1H3,(H,22,25)(H,23,26). The second-order valence-corrected chi connectivity index (χ2v) is 6.77. The van der Waals surface area contributed by atoms with E-state index in [1.165, 1.54) is 36.0 Å². The highest BCUT2D eigenvalue weighted by molar-refractivity contribution is 7.99. The zero-order chi connectivity index (χ0) is 19.9. The van der Waals surface area contributed by atoms with Crippen molar-refractivity contribution in [2.24, 2.45) is 0 Å². The monoisotopic (exact) mass is 402 g/mol. The van der Waals surface area contributed by atoms with E-state index in [-0.39, 0.29) is 17.2 Å². The summed E-state index contributed by atoms with van der Waals surface area (Å²) in [6.07, 6.45) is 0. The molecular formula is C19H19FN4O3S. The van der Waals surface area contributed by atoms with E-state index < -0.39 is 11.7 Å². The zero-order valence-electron chi connectivity index (χ0n) is 15.1. The summed E-state index contributed by atoms with van der Waals surface area (Å²) in [4.78, 5) is 28.6. The smallest absolute Gasteiger partial charge is 0.269 e. The van der Waals surface area contributed by atoms with E-state index in [1.54, 1.807) is 7.11 Å². The van der Waals surface area contributed by atoms with Crippen molar-refractivity contribution in [3.05, 3.63) is 59.9 Å². The summed E-state index contributed by atoms with van der Waals surface area (Å²) in [6, 6.07) is 12.7. The number of benzene rings is 2. The van der Waals surface area contributed by atoms with Gasteiger partial charge in [-0.2, -0.15) is 0 Å². The van der Waals surface area contributed by atoms with Crippen LogP contribution in [0.2, 0.25) is 0 Å². The van der Waals surface area contributed by atoms with Crippen LogP contribution in [0.25, 0.3) is 11.0 Å². The fourth-order valence-corrected chi connectivity index (χ4v) is 3.37. The number of aromatic nitrogens is 2. The molecule has 2 aromatic carbocycles. The molecule has 0 radical (unpaired) electrons. The minimum atomic E-state index is -0.523. The third kappa shape index (κ3) is 4.87. The summed E-state index contributed by atoms with van der Waals surface area (Å²) in [5, 5.41) is 0.693. The number of halogens is 1. The van der Waals surface area contributed by atoms with Crippen molar-refractivity contribution >= 4 is 34.6 Å². The number of imidazole rings is 1. The molecule has 2 N–H and O–H groups in total. The lowest BCUT2D eigenvalue weighted by atomic mass is 10.2. The molecule has 0 bridgehead atoms. The number of thioether (sulfide) groups is 1. The number of hydrazine groups is 1. The largest absolute Gasteiger partial charge is 0.383 e. The van der Waals surface area contributed by atoms with Crippen LogP contribution in [0.4, 0.5) is 4.39 Å². The number of rotatable bonds is 7. The molecule has 1 heterocycles. The highest BCUT2D eigenvalue weighted by Gasteiger charge is 2.13. The SMILES string of the molecule is COCCn1c(SCC(=O)NNC(=O)c2ccc(F)cc2)nc2ccccc21. The number of carbonyl (C=O) groups is 2. The van der Waals surface area contributed by atoms with Crippen molar-refractivity contribution in [3.8, 4) is 0 Å². The average Bonchev–Trinajstić information content (AvgIpc) is 3.07. The van der Waals surface area contributed by atoms with Crippen molar-refractivity contribution in [1.82, 2.24) is 20.4 Å². The lowest BCUT2D eigenvalue weighted by molar-refractivity contribution is -0.119. The first kappa shape index (κ1) is 19.8. The number of hydrogen-bond donors (Lipinski definition) is 2. The molecule has 0 aliphatic heterocycles. The fourth-order valence-electron chi connectivity index (χ4n) is 2.53. The van der Waals surface area contributed by atoms with Gasteiger partial charge in [0.05, 0.1) is 23.4 Å². The molecule has 2 amide bonds. The second-order valence-electron chi connectivity index (χ2n) is 5.83. The molecule has 1 aromatic heterocycles. The van der Waals surface area contributed by atoms with E-state index in [0.717, 1.165) is 11.0 Å². The number of nitrogens with one attached hydrogen (secondary N) is 2. The van der Waals surface area contributed by atoms with Crippen LogP contribution in [0.5, 0.6) is 0 Å². The van der Waals surface area contributed by atoms with Gasteiger partial charge in [-0.1, -0.05) is 23.9 Å². The molecule has 0 aliphatic carbocycles. The Bertz CT molecular complexity index is 975. The van der Waals surface area contributed by atoms with Crippen LogP contribution in [0.3, 0.4) is 0 Å². The van der Waals surface area contributed by atoms with E-state index in [0.29, 0.717) is 18.3 Å². The predicted octanol–water partition coefficient (Wildman–Crippen LogP) is 2.38. The molecule has 9 heteroatoms. The summed E-state index contributed by atoms with van der Waals surface area (Å²) >= 11 is 1.26. The number of ether oxygens (including phenoxy) is 1. The van der Waals surface area contributed by atoms with Crippen LogP contribution in [0.1, 0.15) is 10.4 Å². The van der Waals surface area contributed by atoms with Crippen molar-refractivity contribution in [1.29, 1.82) is 0 Å². The van der Waals surface area contributed by atoms with Gasteiger partial charge in [-0.15, -0.1) is 0 Å². The number of fused-ring (bicyclic) bond motifs is 1. The molecule has 3 rings (SSSR count). The third-order valence-electron chi connectivity index (χ3n) is 3.89.